The van der Waals surface area contributed by atoms with E-state index in [4.69, 9.17) is 9.47 Å². The molecule has 0 spiro atoms. The van der Waals surface area contributed by atoms with E-state index < -0.39 is 0 Å². The van der Waals surface area contributed by atoms with Gasteiger partial charge in [-0.05, 0) is 43.0 Å². The van der Waals surface area contributed by atoms with Gasteiger partial charge in [-0.15, -0.1) is 0 Å². The van der Waals surface area contributed by atoms with Gasteiger partial charge in [-0.3, -0.25) is 4.79 Å². The van der Waals surface area contributed by atoms with Gasteiger partial charge >= 0.3 is 0 Å². The third kappa shape index (κ3) is 6.44. The number of anilines is 1. The largest absolute Gasteiger partial charge is 0.491 e. The Labute approximate surface area is 169 Å². The van der Waals surface area contributed by atoms with Crippen LogP contribution < -0.4 is 10.1 Å². The van der Waals surface area contributed by atoms with E-state index in [-0.39, 0.29) is 5.12 Å². The Bertz CT molecular complexity index is 854. The summed E-state index contributed by atoms with van der Waals surface area (Å²) in [5, 5.41) is 3.09. The number of ether oxygens (including phenoxy) is 2. The maximum Gasteiger partial charge on any atom is 0.255 e. The van der Waals surface area contributed by atoms with Crippen molar-refractivity contribution in [1.29, 1.82) is 0 Å². The van der Waals surface area contributed by atoms with Gasteiger partial charge < -0.3 is 14.8 Å². The molecule has 3 aromatic carbocycles. The van der Waals surface area contributed by atoms with Crippen molar-refractivity contribution in [2.75, 3.05) is 18.5 Å². The molecule has 3 rings (SSSR count). The smallest absolute Gasteiger partial charge is 0.255 e. The normalized spacial score (nSPS) is 10.6. The van der Waals surface area contributed by atoms with Crippen LogP contribution in [-0.2, 0) is 4.74 Å². The summed E-state index contributed by atoms with van der Waals surface area (Å²) in [7, 11) is 0. The first-order valence-electron chi connectivity index (χ1n) is 8.99. The van der Waals surface area contributed by atoms with Crippen LogP contribution in [0.1, 0.15) is 15.9 Å². The van der Waals surface area contributed by atoms with E-state index in [1.807, 2.05) is 91.9 Å². The Balaban J connectivity index is 1.57. The first kappa shape index (κ1) is 20.0. The van der Waals surface area contributed by atoms with Crippen LogP contribution in [0.15, 0.2) is 84.9 Å². The minimum absolute atomic E-state index is 0.0811. The number of carbonyl (C=O) groups excluding carboxylic acids is 1. The Morgan fingerprint density at radius 2 is 1.50 bits per heavy atom. The third-order valence-electron chi connectivity index (χ3n) is 3.82. The van der Waals surface area contributed by atoms with E-state index >= 15 is 0 Å². The number of carbonyl (C=O) groups is 1. The lowest BCUT2D eigenvalue weighted by molar-refractivity contribution is 0.108. The summed E-state index contributed by atoms with van der Waals surface area (Å²) in [6.07, 6.45) is 0. The summed E-state index contributed by atoms with van der Waals surface area (Å²) in [6.45, 7) is 2.69. The number of benzene rings is 3. The van der Waals surface area contributed by atoms with Gasteiger partial charge in [0, 0.05) is 11.3 Å². The molecule has 1 N–H and O–H groups in total. The zero-order valence-electron chi connectivity index (χ0n) is 15.6. The predicted molar refractivity (Wildman–Crippen MR) is 114 cm³/mol. The zero-order valence-corrected chi connectivity index (χ0v) is 16.4. The van der Waals surface area contributed by atoms with E-state index in [1.165, 1.54) is 0 Å². The molecule has 0 saturated heterocycles. The summed E-state index contributed by atoms with van der Waals surface area (Å²) in [5.41, 5.74) is 3.02. The quantitative estimate of drug-likeness (QED) is 0.486. The van der Waals surface area contributed by atoms with Gasteiger partial charge in [0.1, 0.15) is 12.4 Å². The van der Waals surface area contributed by atoms with Gasteiger partial charge in [0.2, 0.25) is 5.12 Å². The highest BCUT2D eigenvalue weighted by Crippen LogP contribution is 2.27. The highest BCUT2D eigenvalue weighted by Gasteiger charge is 2.19. The van der Waals surface area contributed by atoms with E-state index in [9.17, 15) is 4.79 Å². The zero-order chi connectivity index (χ0) is 19.6. The molecular formula is C23H22NO3S. The summed E-state index contributed by atoms with van der Waals surface area (Å²) < 4.78 is 11.5. The molecule has 3 aromatic rings. The molecule has 0 saturated carbocycles. The lowest BCUT2D eigenvalue weighted by atomic mass is 10.2. The monoisotopic (exact) mass is 392 g/mol. The van der Waals surface area contributed by atoms with Crippen LogP contribution in [0.4, 0.5) is 5.69 Å². The number of thioether (sulfide) groups is 1. The van der Waals surface area contributed by atoms with Crippen LogP contribution >= 0.6 is 11.8 Å². The highest BCUT2D eigenvalue weighted by molar-refractivity contribution is 8.16. The molecule has 0 aliphatic heterocycles. The summed E-state index contributed by atoms with van der Waals surface area (Å²) in [5.74, 6) is 0.784. The molecule has 0 heterocycles. The number of aryl methyl sites for hydroxylation is 1. The molecule has 5 heteroatoms. The van der Waals surface area contributed by atoms with Crippen LogP contribution in [0.3, 0.4) is 0 Å². The molecule has 0 aliphatic rings. The molecule has 0 bridgehead atoms. The van der Waals surface area contributed by atoms with Crippen molar-refractivity contribution in [3.8, 4) is 5.75 Å². The molecule has 143 valence electrons. The van der Waals surface area contributed by atoms with Gasteiger partial charge in [-0.2, -0.15) is 0 Å². The highest BCUT2D eigenvalue weighted by atomic mass is 32.2. The fraction of sp³-hybridized carbons (Fsp3) is 0.130. The molecular weight excluding hydrogens is 370 g/mol. The second-order valence-corrected chi connectivity index (χ2v) is 6.99. The van der Waals surface area contributed by atoms with Gasteiger partial charge in [0.25, 0.3) is 5.56 Å². The standard InChI is InChI=1S/C23H22NO3S/c1-18-12-14-19(15-13-18)22(25)28-23(24-20-8-4-2-5-9-20)27-17-16-26-21-10-6-3-7-11-21/h2-15,24H,16-17H2,1H3. The number of para-hydroxylation sites is 2. The van der Waals surface area contributed by atoms with Crippen LogP contribution in [0.25, 0.3) is 0 Å². The average molecular weight is 393 g/mol. The fourth-order valence-electron chi connectivity index (χ4n) is 2.37. The lowest BCUT2D eigenvalue weighted by Gasteiger charge is -2.17. The SMILES string of the molecule is Cc1ccc(C(=O)S[C](Nc2ccccc2)OCCOc2ccccc2)cc1. The Morgan fingerprint density at radius 1 is 0.857 bits per heavy atom. The fourth-order valence-corrected chi connectivity index (χ4v) is 3.11. The molecule has 0 amide bonds. The maximum atomic E-state index is 12.6. The van der Waals surface area contributed by atoms with Gasteiger partial charge in [0.05, 0.1) is 6.61 Å². The topological polar surface area (TPSA) is 47.6 Å². The van der Waals surface area contributed by atoms with Crippen molar-refractivity contribution in [2.24, 2.45) is 0 Å². The minimum Gasteiger partial charge on any atom is -0.491 e. The van der Waals surface area contributed by atoms with Crippen LogP contribution in [0.2, 0.25) is 0 Å². The molecule has 0 unspecified atom stereocenters. The van der Waals surface area contributed by atoms with Gasteiger partial charge in [0.15, 0.2) is 0 Å². The van der Waals surface area contributed by atoms with Crippen molar-refractivity contribution < 1.29 is 14.3 Å². The van der Waals surface area contributed by atoms with Crippen LogP contribution in [-0.4, -0.2) is 18.3 Å². The minimum atomic E-state index is -0.0811. The van der Waals surface area contributed by atoms with Crippen LogP contribution in [0.5, 0.6) is 5.75 Å². The summed E-state index contributed by atoms with van der Waals surface area (Å²) in [4.78, 5) is 12.6. The molecule has 0 fully saturated rings. The molecule has 0 aromatic heterocycles. The maximum absolute atomic E-state index is 12.6. The molecule has 0 atom stereocenters. The Morgan fingerprint density at radius 3 is 2.18 bits per heavy atom. The van der Waals surface area contributed by atoms with E-state index in [2.05, 4.69) is 5.32 Å². The molecule has 1 radical (unpaired) electrons. The van der Waals surface area contributed by atoms with Crippen molar-refractivity contribution >= 4 is 22.6 Å². The Kier molecular flexibility index (Phi) is 7.53. The number of nitrogens with one attached hydrogen (secondary N) is 1. The van der Waals surface area contributed by atoms with E-state index in [0.29, 0.717) is 24.3 Å². The van der Waals surface area contributed by atoms with Crippen molar-refractivity contribution in [2.45, 2.75) is 6.92 Å². The lowest BCUT2D eigenvalue weighted by Crippen LogP contribution is -2.17. The van der Waals surface area contributed by atoms with E-state index in [0.717, 1.165) is 28.8 Å². The van der Waals surface area contributed by atoms with Gasteiger partial charge in [-0.25, -0.2) is 0 Å². The van der Waals surface area contributed by atoms with Crippen molar-refractivity contribution in [3.63, 3.8) is 0 Å². The first-order valence-corrected chi connectivity index (χ1v) is 9.81. The van der Waals surface area contributed by atoms with E-state index in [1.54, 1.807) is 0 Å². The predicted octanol–water partition coefficient (Wildman–Crippen LogP) is 5.52. The average Bonchev–Trinajstić information content (AvgIpc) is 2.73. The molecule has 28 heavy (non-hydrogen) atoms. The summed E-state index contributed by atoms with van der Waals surface area (Å²) in [6, 6.07) is 26.7. The molecule has 0 aliphatic carbocycles. The Hall–Kier alpha value is -2.76. The van der Waals surface area contributed by atoms with Crippen molar-refractivity contribution in [3.05, 3.63) is 102 Å². The van der Waals surface area contributed by atoms with Gasteiger partial charge in [-0.1, -0.05) is 66.2 Å². The first-order chi connectivity index (χ1) is 13.7. The second kappa shape index (κ2) is 10.5. The number of hydrogen-bond donors (Lipinski definition) is 1. The molecule has 4 nitrogen and oxygen atoms in total. The van der Waals surface area contributed by atoms with Crippen LogP contribution in [0, 0.1) is 12.5 Å². The third-order valence-corrected chi connectivity index (χ3v) is 4.65. The van der Waals surface area contributed by atoms with Crippen molar-refractivity contribution in [1.82, 2.24) is 0 Å². The number of hydrogen-bond acceptors (Lipinski definition) is 5. The second-order valence-electron chi connectivity index (χ2n) is 6.04. The summed E-state index contributed by atoms with van der Waals surface area (Å²) >= 11 is 1.03. The number of rotatable bonds is 9.